The van der Waals surface area contributed by atoms with Gasteiger partial charge in [-0.15, -0.1) is 0 Å². The average Bonchev–Trinajstić information content (AvgIpc) is 2.84. The van der Waals surface area contributed by atoms with E-state index < -0.39 is 0 Å². The van der Waals surface area contributed by atoms with Crippen molar-refractivity contribution in [3.8, 4) is 0 Å². The molecule has 18 heavy (non-hydrogen) atoms. The maximum Gasteiger partial charge on any atom is 0.234 e. The van der Waals surface area contributed by atoms with Crippen molar-refractivity contribution in [1.82, 2.24) is 20.8 Å². The maximum absolute atomic E-state index is 11.8. The van der Waals surface area contributed by atoms with Gasteiger partial charge in [0.25, 0.3) is 0 Å². The monoisotopic (exact) mass is 252 g/mol. The van der Waals surface area contributed by atoms with E-state index in [1.807, 2.05) is 6.20 Å². The second kappa shape index (κ2) is 6.51. The van der Waals surface area contributed by atoms with E-state index in [4.69, 9.17) is 4.74 Å². The number of nitrogens with zero attached hydrogens (tertiary/aromatic N) is 1. The third kappa shape index (κ3) is 3.30. The number of aryl methyl sites for hydroxylation is 1. The summed E-state index contributed by atoms with van der Waals surface area (Å²) in [6.45, 7) is 1.62. The molecule has 1 aromatic rings. The lowest BCUT2D eigenvalue weighted by Gasteiger charge is -2.22. The zero-order chi connectivity index (χ0) is 12.8. The zero-order valence-electron chi connectivity index (χ0n) is 10.7. The SMILES string of the molecule is COCCNCC(=O)NC1CCCc2cn[nH]c21. The molecular weight excluding hydrogens is 232 g/mol. The highest BCUT2D eigenvalue weighted by atomic mass is 16.5. The molecule has 0 aliphatic heterocycles. The summed E-state index contributed by atoms with van der Waals surface area (Å²) in [5.74, 6) is 0.0125. The Morgan fingerprint density at radius 2 is 2.56 bits per heavy atom. The predicted molar refractivity (Wildman–Crippen MR) is 67.2 cm³/mol. The van der Waals surface area contributed by atoms with Gasteiger partial charge in [-0.1, -0.05) is 0 Å². The number of ether oxygens (including phenoxy) is 1. The van der Waals surface area contributed by atoms with Gasteiger partial charge in [0.1, 0.15) is 0 Å². The first-order chi connectivity index (χ1) is 8.81. The first-order valence-corrected chi connectivity index (χ1v) is 6.32. The van der Waals surface area contributed by atoms with Crippen LogP contribution < -0.4 is 10.6 Å². The van der Waals surface area contributed by atoms with Crippen molar-refractivity contribution in [3.05, 3.63) is 17.5 Å². The quantitative estimate of drug-likeness (QED) is 0.629. The number of rotatable bonds is 6. The molecule has 0 radical (unpaired) electrons. The van der Waals surface area contributed by atoms with Crippen molar-refractivity contribution in [2.45, 2.75) is 25.3 Å². The van der Waals surface area contributed by atoms with Crippen LogP contribution in [0.2, 0.25) is 0 Å². The van der Waals surface area contributed by atoms with Gasteiger partial charge in [-0.25, -0.2) is 0 Å². The van der Waals surface area contributed by atoms with Gasteiger partial charge in [0, 0.05) is 13.7 Å². The van der Waals surface area contributed by atoms with E-state index >= 15 is 0 Å². The Kier molecular flexibility index (Phi) is 4.72. The van der Waals surface area contributed by atoms with Crippen LogP contribution in [-0.4, -0.2) is 42.9 Å². The molecule has 0 saturated heterocycles. The van der Waals surface area contributed by atoms with Gasteiger partial charge in [-0.2, -0.15) is 5.10 Å². The normalized spacial score (nSPS) is 18.4. The highest BCUT2D eigenvalue weighted by molar-refractivity contribution is 5.78. The molecule has 0 saturated carbocycles. The van der Waals surface area contributed by atoms with Crippen LogP contribution in [0.25, 0.3) is 0 Å². The van der Waals surface area contributed by atoms with Crippen molar-refractivity contribution in [2.24, 2.45) is 0 Å². The van der Waals surface area contributed by atoms with Gasteiger partial charge < -0.3 is 15.4 Å². The first kappa shape index (κ1) is 13.0. The smallest absolute Gasteiger partial charge is 0.234 e. The van der Waals surface area contributed by atoms with Crippen LogP contribution >= 0.6 is 0 Å². The Bertz CT molecular complexity index is 391. The summed E-state index contributed by atoms with van der Waals surface area (Å²) in [6.07, 6.45) is 4.96. The Hall–Kier alpha value is -1.40. The molecule has 2 rings (SSSR count). The zero-order valence-corrected chi connectivity index (χ0v) is 10.7. The maximum atomic E-state index is 11.8. The summed E-state index contributed by atoms with van der Waals surface area (Å²) in [4.78, 5) is 11.8. The fourth-order valence-electron chi connectivity index (χ4n) is 2.23. The van der Waals surface area contributed by atoms with Gasteiger partial charge in [0.05, 0.1) is 31.1 Å². The molecular formula is C12H20N4O2. The van der Waals surface area contributed by atoms with Crippen LogP contribution in [0.5, 0.6) is 0 Å². The molecule has 1 unspecified atom stereocenters. The highest BCUT2D eigenvalue weighted by Gasteiger charge is 2.23. The van der Waals surface area contributed by atoms with Crippen molar-refractivity contribution in [1.29, 1.82) is 0 Å². The first-order valence-electron chi connectivity index (χ1n) is 6.32. The summed E-state index contributed by atoms with van der Waals surface area (Å²) >= 11 is 0. The molecule has 1 atom stereocenters. The standard InChI is InChI=1S/C12H20N4O2/c1-18-6-5-13-8-11(17)15-10-4-2-3-9-7-14-16-12(9)10/h7,10,13H,2-6,8H2,1H3,(H,14,16)(H,15,17). The van der Waals surface area contributed by atoms with Crippen molar-refractivity contribution in [2.75, 3.05) is 26.8 Å². The lowest BCUT2D eigenvalue weighted by atomic mass is 9.94. The second-order valence-corrected chi connectivity index (χ2v) is 4.49. The molecule has 0 fully saturated rings. The van der Waals surface area contributed by atoms with Crippen molar-refractivity contribution in [3.63, 3.8) is 0 Å². The fourth-order valence-corrected chi connectivity index (χ4v) is 2.23. The Balaban J connectivity index is 1.78. The number of carbonyl (C=O) groups excluding carboxylic acids is 1. The molecule has 1 heterocycles. The van der Waals surface area contributed by atoms with E-state index in [1.54, 1.807) is 7.11 Å². The van der Waals surface area contributed by atoms with E-state index in [1.165, 1.54) is 5.56 Å². The topological polar surface area (TPSA) is 79.0 Å². The number of H-pyrrole nitrogens is 1. The predicted octanol–water partition coefficient (Wildman–Crippen LogP) is 0.139. The number of hydrogen-bond donors (Lipinski definition) is 3. The van der Waals surface area contributed by atoms with Crippen LogP contribution in [0.3, 0.4) is 0 Å². The summed E-state index contributed by atoms with van der Waals surface area (Å²) in [5.41, 5.74) is 2.28. The Morgan fingerprint density at radius 1 is 1.67 bits per heavy atom. The minimum absolute atomic E-state index is 0.0125. The van der Waals surface area contributed by atoms with Crippen LogP contribution in [-0.2, 0) is 16.0 Å². The van der Waals surface area contributed by atoms with E-state index in [0.717, 1.165) is 25.0 Å². The molecule has 6 nitrogen and oxygen atoms in total. The summed E-state index contributed by atoms with van der Waals surface area (Å²) < 4.78 is 4.90. The van der Waals surface area contributed by atoms with Crippen LogP contribution in [0.15, 0.2) is 6.20 Å². The van der Waals surface area contributed by atoms with Gasteiger partial charge in [-0.05, 0) is 24.8 Å². The third-order valence-corrected chi connectivity index (χ3v) is 3.14. The molecule has 1 aliphatic rings. The van der Waals surface area contributed by atoms with Crippen LogP contribution in [0.4, 0.5) is 0 Å². The number of fused-ring (bicyclic) bond motifs is 1. The van der Waals surface area contributed by atoms with Crippen molar-refractivity contribution < 1.29 is 9.53 Å². The molecule has 1 amide bonds. The molecule has 1 aromatic heterocycles. The van der Waals surface area contributed by atoms with E-state index in [9.17, 15) is 4.79 Å². The van der Waals surface area contributed by atoms with Gasteiger partial charge in [0.2, 0.25) is 5.91 Å². The van der Waals surface area contributed by atoms with E-state index in [-0.39, 0.29) is 11.9 Å². The molecule has 0 bridgehead atoms. The van der Waals surface area contributed by atoms with E-state index in [2.05, 4.69) is 20.8 Å². The Labute approximate surface area is 106 Å². The fraction of sp³-hybridized carbons (Fsp3) is 0.667. The number of hydrogen-bond acceptors (Lipinski definition) is 4. The summed E-state index contributed by atoms with van der Waals surface area (Å²) in [7, 11) is 1.64. The largest absolute Gasteiger partial charge is 0.383 e. The molecule has 100 valence electrons. The number of methoxy groups -OCH3 is 1. The summed E-state index contributed by atoms with van der Waals surface area (Å²) in [5, 5.41) is 13.1. The molecule has 0 spiro atoms. The van der Waals surface area contributed by atoms with Gasteiger partial charge >= 0.3 is 0 Å². The van der Waals surface area contributed by atoms with Crippen LogP contribution in [0.1, 0.15) is 30.1 Å². The lowest BCUT2D eigenvalue weighted by molar-refractivity contribution is -0.121. The van der Waals surface area contributed by atoms with Crippen molar-refractivity contribution >= 4 is 5.91 Å². The summed E-state index contributed by atoms with van der Waals surface area (Å²) in [6, 6.07) is 0.0768. The average molecular weight is 252 g/mol. The van der Waals surface area contributed by atoms with E-state index in [0.29, 0.717) is 19.7 Å². The number of aromatic nitrogens is 2. The molecule has 6 heteroatoms. The molecule has 3 N–H and O–H groups in total. The highest BCUT2D eigenvalue weighted by Crippen LogP contribution is 2.27. The molecule has 1 aliphatic carbocycles. The lowest BCUT2D eigenvalue weighted by Crippen LogP contribution is -2.38. The molecule has 0 aromatic carbocycles. The minimum atomic E-state index is 0.0125. The van der Waals surface area contributed by atoms with Gasteiger partial charge in [-0.3, -0.25) is 9.89 Å². The van der Waals surface area contributed by atoms with Gasteiger partial charge in [0.15, 0.2) is 0 Å². The number of amides is 1. The number of aromatic amines is 1. The number of carbonyl (C=O) groups is 1. The second-order valence-electron chi connectivity index (χ2n) is 4.49. The minimum Gasteiger partial charge on any atom is -0.383 e. The Morgan fingerprint density at radius 3 is 3.39 bits per heavy atom. The third-order valence-electron chi connectivity index (χ3n) is 3.14. The number of nitrogens with one attached hydrogen (secondary N) is 3. The van der Waals surface area contributed by atoms with Crippen LogP contribution in [0, 0.1) is 0 Å².